The van der Waals surface area contributed by atoms with E-state index in [4.69, 9.17) is 10.5 Å². The summed E-state index contributed by atoms with van der Waals surface area (Å²) < 4.78 is 5.24. The number of nitrogens with two attached hydrogens (primary N) is 1. The third-order valence-corrected chi connectivity index (χ3v) is 3.11. The van der Waals surface area contributed by atoms with Gasteiger partial charge in [0, 0.05) is 32.1 Å². The lowest BCUT2D eigenvalue weighted by Gasteiger charge is -2.27. The van der Waals surface area contributed by atoms with Crippen LogP contribution in [0.25, 0.3) is 0 Å². The molecule has 0 aromatic heterocycles. The molecule has 1 saturated heterocycles. The molecule has 0 bridgehead atoms. The van der Waals surface area contributed by atoms with Gasteiger partial charge in [0.15, 0.2) is 5.96 Å². The highest BCUT2D eigenvalue weighted by Gasteiger charge is 2.22. The number of hydrogen-bond acceptors (Lipinski definition) is 3. The van der Waals surface area contributed by atoms with Crippen LogP contribution >= 0.6 is 0 Å². The van der Waals surface area contributed by atoms with E-state index in [9.17, 15) is 4.79 Å². The van der Waals surface area contributed by atoms with Gasteiger partial charge in [0.2, 0.25) is 5.91 Å². The minimum absolute atomic E-state index is 0.137. The van der Waals surface area contributed by atoms with Gasteiger partial charge in [-0.15, -0.1) is 0 Å². The molecule has 3 N–H and O–H groups in total. The number of hydrogen-bond donors (Lipinski definition) is 2. The molecule has 2 rings (SSSR count). The van der Waals surface area contributed by atoms with Gasteiger partial charge >= 0.3 is 0 Å². The molecule has 1 amide bonds. The van der Waals surface area contributed by atoms with Gasteiger partial charge in [-0.1, -0.05) is 0 Å². The summed E-state index contributed by atoms with van der Waals surface area (Å²) in [5.74, 6) is 0.707. The Morgan fingerprint density at radius 2 is 2.11 bits per heavy atom. The van der Waals surface area contributed by atoms with E-state index in [2.05, 4.69) is 10.3 Å². The molecule has 6 heteroatoms. The molecule has 2 fully saturated rings. The standard InChI is InChI=1S/C12H22N4O2/c13-12(16-6-8-18-9-7-16)14-5-1-2-11(17)15-10-3-4-10/h10H,1-9H2,(H2,13,14)(H,15,17). The predicted molar refractivity (Wildman–Crippen MR) is 69.3 cm³/mol. The van der Waals surface area contributed by atoms with E-state index in [0.29, 0.717) is 38.2 Å². The summed E-state index contributed by atoms with van der Waals surface area (Å²) in [5.41, 5.74) is 5.88. The third kappa shape index (κ3) is 4.52. The van der Waals surface area contributed by atoms with Gasteiger partial charge in [-0.25, -0.2) is 0 Å². The minimum Gasteiger partial charge on any atom is -0.378 e. The number of rotatable bonds is 5. The average Bonchev–Trinajstić information content (AvgIpc) is 3.19. The lowest BCUT2D eigenvalue weighted by Crippen LogP contribution is -2.44. The summed E-state index contributed by atoms with van der Waals surface area (Å²) in [7, 11) is 0. The van der Waals surface area contributed by atoms with E-state index >= 15 is 0 Å². The maximum atomic E-state index is 11.4. The van der Waals surface area contributed by atoms with Crippen molar-refractivity contribution in [2.75, 3.05) is 32.8 Å². The average molecular weight is 254 g/mol. The molecule has 102 valence electrons. The Morgan fingerprint density at radius 1 is 1.39 bits per heavy atom. The summed E-state index contributed by atoms with van der Waals surface area (Å²) in [6.45, 7) is 3.64. The highest BCUT2D eigenvalue weighted by Crippen LogP contribution is 2.18. The van der Waals surface area contributed by atoms with Gasteiger partial charge in [-0.2, -0.15) is 0 Å². The van der Waals surface area contributed by atoms with Crippen LogP contribution in [0, 0.1) is 0 Å². The van der Waals surface area contributed by atoms with E-state index in [0.717, 1.165) is 32.4 Å². The zero-order chi connectivity index (χ0) is 12.8. The second-order valence-electron chi connectivity index (χ2n) is 4.78. The molecule has 2 aliphatic rings. The SMILES string of the molecule is NC(=NCCCC(=O)NC1CC1)N1CCOCC1. The lowest BCUT2D eigenvalue weighted by atomic mass is 10.3. The second-order valence-corrected chi connectivity index (χ2v) is 4.78. The zero-order valence-corrected chi connectivity index (χ0v) is 10.7. The molecule has 18 heavy (non-hydrogen) atoms. The van der Waals surface area contributed by atoms with Crippen molar-refractivity contribution in [1.82, 2.24) is 10.2 Å². The molecular weight excluding hydrogens is 232 g/mol. The maximum Gasteiger partial charge on any atom is 0.220 e. The molecule has 0 radical (unpaired) electrons. The number of nitrogens with one attached hydrogen (secondary N) is 1. The molecule has 0 spiro atoms. The second kappa shape index (κ2) is 6.58. The highest BCUT2D eigenvalue weighted by molar-refractivity contribution is 5.78. The predicted octanol–water partition coefficient (Wildman–Crippen LogP) is -0.308. The van der Waals surface area contributed by atoms with Crippen LogP contribution < -0.4 is 11.1 Å². The van der Waals surface area contributed by atoms with Crippen molar-refractivity contribution in [3.05, 3.63) is 0 Å². The molecule has 0 aromatic rings. The number of ether oxygens (including phenoxy) is 1. The fourth-order valence-electron chi connectivity index (χ4n) is 1.85. The quantitative estimate of drug-likeness (QED) is 0.401. The molecule has 1 saturated carbocycles. The van der Waals surface area contributed by atoms with Gasteiger partial charge in [-0.05, 0) is 19.3 Å². The molecule has 0 aromatic carbocycles. The summed E-state index contributed by atoms with van der Waals surface area (Å²) in [6.07, 6.45) is 3.56. The van der Waals surface area contributed by atoms with E-state index in [1.54, 1.807) is 0 Å². The van der Waals surface area contributed by atoms with Crippen LogP contribution in [0.2, 0.25) is 0 Å². The highest BCUT2D eigenvalue weighted by atomic mass is 16.5. The summed E-state index contributed by atoms with van der Waals surface area (Å²) in [5, 5.41) is 2.96. The first-order valence-electron chi connectivity index (χ1n) is 6.67. The number of carbonyl (C=O) groups excluding carboxylic acids is 1. The van der Waals surface area contributed by atoms with Gasteiger partial charge in [0.05, 0.1) is 13.2 Å². The molecule has 0 unspecified atom stereocenters. The molecule has 1 aliphatic carbocycles. The third-order valence-electron chi connectivity index (χ3n) is 3.11. The number of carbonyl (C=O) groups is 1. The summed E-state index contributed by atoms with van der Waals surface area (Å²) >= 11 is 0. The van der Waals surface area contributed by atoms with Crippen LogP contribution in [0.3, 0.4) is 0 Å². The molecule has 1 aliphatic heterocycles. The minimum atomic E-state index is 0.137. The van der Waals surface area contributed by atoms with Crippen LogP contribution in [0.1, 0.15) is 25.7 Å². The Balaban J connectivity index is 1.58. The molecule has 0 atom stereocenters. The Bertz CT molecular complexity index is 309. The Labute approximate surface area is 108 Å². The first-order chi connectivity index (χ1) is 8.75. The smallest absolute Gasteiger partial charge is 0.220 e. The number of morpholine rings is 1. The zero-order valence-electron chi connectivity index (χ0n) is 10.7. The molecule has 1 heterocycles. The largest absolute Gasteiger partial charge is 0.378 e. The Hall–Kier alpha value is -1.30. The van der Waals surface area contributed by atoms with Gasteiger partial charge in [-0.3, -0.25) is 9.79 Å². The van der Waals surface area contributed by atoms with Crippen LogP contribution in [0.15, 0.2) is 4.99 Å². The summed E-state index contributed by atoms with van der Waals surface area (Å²) in [4.78, 5) is 17.7. The number of amides is 1. The Morgan fingerprint density at radius 3 is 2.78 bits per heavy atom. The van der Waals surface area contributed by atoms with Crippen LogP contribution in [0.4, 0.5) is 0 Å². The first kappa shape index (κ1) is 13.1. The van der Waals surface area contributed by atoms with Crippen molar-refractivity contribution in [3.63, 3.8) is 0 Å². The first-order valence-corrected chi connectivity index (χ1v) is 6.67. The number of guanidine groups is 1. The van der Waals surface area contributed by atoms with Crippen LogP contribution in [-0.2, 0) is 9.53 Å². The Kier molecular flexibility index (Phi) is 4.81. The lowest BCUT2D eigenvalue weighted by molar-refractivity contribution is -0.121. The van der Waals surface area contributed by atoms with Crippen molar-refractivity contribution in [2.45, 2.75) is 31.7 Å². The van der Waals surface area contributed by atoms with Gasteiger partial charge in [0.1, 0.15) is 0 Å². The van der Waals surface area contributed by atoms with Crippen LogP contribution in [0.5, 0.6) is 0 Å². The van der Waals surface area contributed by atoms with Crippen molar-refractivity contribution >= 4 is 11.9 Å². The molecule has 6 nitrogen and oxygen atoms in total. The van der Waals surface area contributed by atoms with E-state index < -0.39 is 0 Å². The van der Waals surface area contributed by atoms with Crippen molar-refractivity contribution in [3.8, 4) is 0 Å². The van der Waals surface area contributed by atoms with Crippen LogP contribution in [-0.4, -0.2) is 55.7 Å². The maximum absolute atomic E-state index is 11.4. The number of aliphatic imine (C=N–C) groups is 1. The topological polar surface area (TPSA) is 79.9 Å². The van der Waals surface area contributed by atoms with Crippen molar-refractivity contribution in [2.24, 2.45) is 10.7 Å². The normalized spacial score (nSPS) is 20.9. The summed E-state index contributed by atoms with van der Waals surface area (Å²) in [6, 6.07) is 0.444. The van der Waals surface area contributed by atoms with Gasteiger partial charge in [0.25, 0.3) is 0 Å². The van der Waals surface area contributed by atoms with E-state index in [1.807, 2.05) is 4.90 Å². The fourth-order valence-corrected chi connectivity index (χ4v) is 1.85. The molecular formula is C12H22N4O2. The van der Waals surface area contributed by atoms with E-state index in [-0.39, 0.29) is 5.91 Å². The number of nitrogens with zero attached hydrogens (tertiary/aromatic N) is 2. The van der Waals surface area contributed by atoms with E-state index in [1.165, 1.54) is 0 Å². The van der Waals surface area contributed by atoms with Crippen molar-refractivity contribution in [1.29, 1.82) is 0 Å². The monoisotopic (exact) mass is 254 g/mol. The fraction of sp³-hybridized carbons (Fsp3) is 0.833. The van der Waals surface area contributed by atoms with Crippen molar-refractivity contribution < 1.29 is 9.53 Å². The van der Waals surface area contributed by atoms with Gasteiger partial charge < -0.3 is 20.7 Å².